The molecule has 2 heterocycles. The molecule has 0 saturated carbocycles. The Bertz CT molecular complexity index is 1120. The first-order valence-corrected chi connectivity index (χ1v) is 11.2. The Morgan fingerprint density at radius 3 is 1.63 bits per heavy atom. The van der Waals surface area contributed by atoms with Gasteiger partial charge in [0.25, 0.3) is 0 Å². The van der Waals surface area contributed by atoms with Crippen LogP contribution in [-0.2, 0) is 41.6 Å². The number of aromatic amines is 2. The molecular weight excluding hydrogens is 508 g/mol. The molecule has 0 spiro atoms. The molecular formula is C21H28N8O9. The van der Waals surface area contributed by atoms with Crippen LogP contribution in [-0.4, -0.2) is 95.1 Å². The molecule has 2 rings (SSSR count). The quantitative estimate of drug-likeness (QED) is 0.105. The van der Waals surface area contributed by atoms with E-state index >= 15 is 0 Å². The zero-order valence-corrected chi connectivity index (χ0v) is 19.9. The number of amides is 3. The average molecular weight is 537 g/mol. The summed E-state index contributed by atoms with van der Waals surface area (Å²) in [6.07, 6.45) is 3.51. The number of hydrogen-bond acceptors (Lipinski definition) is 9. The molecule has 10 N–H and O–H groups in total. The van der Waals surface area contributed by atoms with Crippen molar-refractivity contribution in [2.24, 2.45) is 5.73 Å². The molecule has 17 heteroatoms. The van der Waals surface area contributed by atoms with Crippen molar-refractivity contribution in [2.75, 3.05) is 0 Å². The largest absolute Gasteiger partial charge is 0.481 e. The minimum atomic E-state index is -1.55. The van der Waals surface area contributed by atoms with E-state index in [-0.39, 0.29) is 12.8 Å². The van der Waals surface area contributed by atoms with Gasteiger partial charge in [-0.1, -0.05) is 0 Å². The number of carboxylic acid groups (broad SMARTS) is 3. The summed E-state index contributed by atoms with van der Waals surface area (Å²) >= 11 is 0. The summed E-state index contributed by atoms with van der Waals surface area (Å²) in [4.78, 5) is 85.1. The van der Waals surface area contributed by atoms with E-state index in [0.717, 1.165) is 0 Å². The predicted octanol–water partition coefficient (Wildman–Crippen LogP) is -2.88. The maximum atomic E-state index is 13.2. The van der Waals surface area contributed by atoms with Crippen molar-refractivity contribution in [3.05, 3.63) is 36.4 Å². The van der Waals surface area contributed by atoms with E-state index in [4.69, 9.17) is 15.9 Å². The smallest absolute Gasteiger partial charge is 0.326 e. The SMILES string of the molecule is NC(CC(=O)O)C(=O)NC(Cc1cnc[nH]1)C(=O)NC(Cc1cnc[nH]1)C(=O)NC(CCC(=O)O)C(=O)O. The van der Waals surface area contributed by atoms with Gasteiger partial charge in [-0.25, -0.2) is 14.8 Å². The molecule has 2 aromatic rings. The number of carbonyl (C=O) groups is 6. The standard InChI is InChI=1S/C21H28N8O9/c22-12(5-17(32)33)18(34)28-14(3-10-6-23-8-25-10)20(36)29-15(4-11-7-24-9-26-11)19(35)27-13(21(37)38)1-2-16(30)31/h6-9,12-15H,1-5,22H2,(H,23,25)(H,24,26)(H,27,35)(H,28,34)(H,29,36)(H,30,31)(H,32,33)(H,37,38). The molecule has 0 aromatic carbocycles. The third-order valence-corrected chi connectivity index (χ3v) is 5.22. The van der Waals surface area contributed by atoms with Crippen LogP contribution in [0, 0.1) is 0 Å². The van der Waals surface area contributed by atoms with Crippen molar-refractivity contribution in [1.82, 2.24) is 35.9 Å². The zero-order chi connectivity index (χ0) is 28.2. The zero-order valence-electron chi connectivity index (χ0n) is 19.9. The molecule has 0 aliphatic carbocycles. The molecule has 17 nitrogen and oxygen atoms in total. The highest BCUT2D eigenvalue weighted by Crippen LogP contribution is 2.06. The molecule has 2 aromatic heterocycles. The van der Waals surface area contributed by atoms with Crippen LogP contribution in [0.25, 0.3) is 0 Å². The highest BCUT2D eigenvalue weighted by Gasteiger charge is 2.31. The number of nitrogens with two attached hydrogens (primary N) is 1. The van der Waals surface area contributed by atoms with E-state index in [0.29, 0.717) is 11.4 Å². The van der Waals surface area contributed by atoms with Crippen LogP contribution in [0.2, 0.25) is 0 Å². The average Bonchev–Trinajstić information content (AvgIpc) is 3.54. The summed E-state index contributed by atoms with van der Waals surface area (Å²) in [5, 5.41) is 34.1. The number of H-pyrrole nitrogens is 2. The van der Waals surface area contributed by atoms with Gasteiger partial charge in [0.15, 0.2) is 0 Å². The van der Waals surface area contributed by atoms with Gasteiger partial charge in [-0.2, -0.15) is 0 Å². The first kappa shape index (κ1) is 29.4. The molecule has 0 aliphatic heterocycles. The number of aliphatic carboxylic acids is 3. The first-order chi connectivity index (χ1) is 18.0. The summed E-state index contributed by atoms with van der Waals surface area (Å²) in [5.74, 6) is -6.78. The monoisotopic (exact) mass is 536 g/mol. The maximum Gasteiger partial charge on any atom is 0.326 e. The Morgan fingerprint density at radius 2 is 1.24 bits per heavy atom. The summed E-state index contributed by atoms with van der Waals surface area (Å²) in [6, 6.07) is -5.71. The highest BCUT2D eigenvalue weighted by atomic mass is 16.4. The fourth-order valence-electron chi connectivity index (χ4n) is 3.28. The number of carbonyl (C=O) groups excluding carboxylic acids is 3. The van der Waals surface area contributed by atoms with Crippen LogP contribution in [0.1, 0.15) is 30.7 Å². The molecule has 0 radical (unpaired) electrons. The van der Waals surface area contributed by atoms with E-state index < -0.39 is 79.1 Å². The molecule has 0 saturated heterocycles. The number of carboxylic acids is 3. The van der Waals surface area contributed by atoms with Crippen molar-refractivity contribution >= 4 is 35.6 Å². The Kier molecular flexibility index (Phi) is 10.9. The lowest BCUT2D eigenvalue weighted by Gasteiger charge is -2.24. The molecule has 4 atom stereocenters. The van der Waals surface area contributed by atoms with Crippen molar-refractivity contribution in [2.45, 2.75) is 56.3 Å². The number of rotatable bonds is 16. The summed E-state index contributed by atoms with van der Waals surface area (Å²) < 4.78 is 0. The Labute approximate surface area is 214 Å². The van der Waals surface area contributed by atoms with E-state index in [2.05, 4.69) is 35.9 Å². The second-order valence-electron chi connectivity index (χ2n) is 8.22. The number of aromatic nitrogens is 4. The predicted molar refractivity (Wildman–Crippen MR) is 125 cm³/mol. The Hall–Kier alpha value is -4.80. The molecule has 4 unspecified atom stereocenters. The lowest BCUT2D eigenvalue weighted by atomic mass is 10.1. The van der Waals surface area contributed by atoms with E-state index in [1.165, 1.54) is 25.0 Å². The Balaban J connectivity index is 2.23. The van der Waals surface area contributed by atoms with Gasteiger partial charge in [-0.15, -0.1) is 0 Å². The fourth-order valence-corrected chi connectivity index (χ4v) is 3.28. The fraction of sp³-hybridized carbons (Fsp3) is 0.429. The molecule has 0 fully saturated rings. The minimum absolute atomic E-state index is 0.133. The van der Waals surface area contributed by atoms with Gasteiger partial charge in [0.05, 0.1) is 25.1 Å². The second-order valence-corrected chi connectivity index (χ2v) is 8.22. The van der Waals surface area contributed by atoms with Crippen molar-refractivity contribution in [3.8, 4) is 0 Å². The number of nitrogens with one attached hydrogen (secondary N) is 5. The summed E-state index contributed by atoms with van der Waals surface area (Å²) in [6.45, 7) is 0. The van der Waals surface area contributed by atoms with Crippen LogP contribution in [0.4, 0.5) is 0 Å². The summed E-state index contributed by atoms with van der Waals surface area (Å²) in [7, 11) is 0. The lowest BCUT2D eigenvalue weighted by Crippen LogP contribution is -2.58. The van der Waals surface area contributed by atoms with Crippen molar-refractivity contribution in [3.63, 3.8) is 0 Å². The third kappa shape index (κ3) is 9.69. The highest BCUT2D eigenvalue weighted by molar-refractivity contribution is 5.95. The molecule has 206 valence electrons. The van der Waals surface area contributed by atoms with Crippen LogP contribution in [0.15, 0.2) is 25.0 Å². The maximum absolute atomic E-state index is 13.2. The topological polar surface area (TPSA) is 283 Å². The second kappa shape index (κ2) is 14.1. The van der Waals surface area contributed by atoms with Gasteiger partial charge in [0.1, 0.15) is 18.1 Å². The number of nitrogens with zero attached hydrogens (tertiary/aromatic N) is 2. The Morgan fingerprint density at radius 1 is 0.763 bits per heavy atom. The lowest BCUT2D eigenvalue weighted by molar-refractivity contribution is -0.143. The van der Waals surface area contributed by atoms with E-state index in [1.807, 2.05) is 0 Å². The van der Waals surface area contributed by atoms with Crippen molar-refractivity contribution < 1.29 is 44.1 Å². The molecule has 0 aliphatic rings. The molecule has 3 amide bonds. The first-order valence-electron chi connectivity index (χ1n) is 11.2. The minimum Gasteiger partial charge on any atom is -0.481 e. The van der Waals surface area contributed by atoms with Gasteiger partial charge in [-0.3, -0.25) is 24.0 Å². The number of hydrogen-bond donors (Lipinski definition) is 9. The van der Waals surface area contributed by atoms with Crippen LogP contribution in [0.3, 0.4) is 0 Å². The van der Waals surface area contributed by atoms with Gasteiger partial charge in [0, 0.05) is 43.0 Å². The van der Waals surface area contributed by atoms with Crippen LogP contribution in [0.5, 0.6) is 0 Å². The van der Waals surface area contributed by atoms with Crippen LogP contribution >= 0.6 is 0 Å². The van der Waals surface area contributed by atoms with Crippen LogP contribution < -0.4 is 21.7 Å². The van der Waals surface area contributed by atoms with Crippen molar-refractivity contribution in [1.29, 1.82) is 0 Å². The normalized spacial score (nSPS) is 13.9. The van der Waals surface area contributed by atoms with Gasteiger partial charge in [-0.05, 0) is 6.42 Å². The number of imidazole rings is 2. The van der Waals surface area contributed by atoms with E-state index in [1.54, 1.807) is 0 Å². The molecule has 38 heavy (non-hydrogen) atoms. The van der Waals surface area contributed by atoms with Gasteiger partial charge < -0.3 is 47.0 Å². The van der Waals surface area contributed by atoms with E-state index in [9.17, 15) is 33.9 Å². The van der Waals surface area contributed by atoms with Gasteiger partial charge >= 0.3 is 17.9 Å². The van der Waals surface area contributed by atoms with Gasteiger partial charge in [0.2, 0.25) is 17.7 Å². The summed E-state index contributed by atoms with van der Waals surface area (Å²) in [5.41, 5.74) is 6.42. The molecule has 0 bridgehead atoms. The third-order valence-electron chi connectivity index (χ3n) is 5.22.